The molecule has 1 aromatic heterocycles. The normalized spacial score (nSPS) is 22.8. The summed E-state index contributed by atoms with van der Waals surface area (Å²) in [4.78, 5) is 51.3. The minimum Gasteiger partial charge on any atom is -0.480 e. The van der Waals surface area contributed by atoms with Crippen molar-refractivity contribution in [3.63, 3.8) is 0 Å². The number of esters is 1. The molecule has 5 rings (SSSR count). The van der Waals surface area contributed by atoms with Gasteiger partial charge in [0.05, 0.1) is 30.9 Å². The number of aliphatic imine (C=N–C) groups is 1. The molecule has 3 atom stereocenters. The van der Waals surface area contributed by atoms with Crippen LogP contribution in [0.3, 0.4) is 0 Å². The number of aliphatic carboxylic acids is 1. The lowest BCUT2D eigenvalue weighted by molar-refractivity contribution is -0.158. The Labute approximate surface area is 247 Å². The first-order chi connectivity index (χ1) is 20.0. The molecule has 2 fully saturated rings. The zero-order chi connectivity index (χ0) is 30.2. The topological polar surface area (TPSA) is 134 Å². The molecule has 11 nitrogen and oxygen atoms in total. The number of carboxylic acids is 1. The molecule has 1 aromatic carbocycles. The largest absolute Gasteiger partial charge is 0.480 e. The van der Waals surface area contributed by atoms with Gasteiger partial charge in [-0.25, -0.2) is 14.2 Å². The van der Waals surface area contributed by atoms with Crippen LogP contribution in [0.2, 0.25) is 0 Å². The van der Waals surface area contributed by atoms with Crippen molar-refractivity contribution in [1.82, 2.24) is 20.1 Å². The number of carbonyl (C=O) groups excluding carboxylic acids is 2. The maximum atomic E-state index is 14.7. The van der Waals surface area contributed by atoms with Crippen LogP contribution in [0.4, 0.5) is 4.39 Å². The van der Waals surface area contributed by atoms with E-state index in [1.165, 1.54) is 36.2 Å². The van der Waals surface area contributed by atoms with Crippen molar-refractivity contribution < 1.29 is 33.4 Å². The van der Waals surface area contributed by atoms with Gasteiger partial charge < -0.3 is 24.8 Å². The highest BCUT2D eigenvalue weighted by molar-refractivity contribution is 7.11. The number of ether oxygens (including phenoxy) is 2. The second-order valence-corrected chi connectivity index (χ2v) is 11.9. The van der Waals surface area contributed by atoms with E-state index in [1.54, 1.807) is 32.2 Å². The Morgan fingerprint density at radius 2 is 2.07 bits per heavy atom. The molecular formula is C29H34FN5O6S. The molecule has 1 amide bonds. The number of halogens is 1. The third-order valence-electron chi connectivity index (χ3n) is 7.99. The lowest BCUT2D eigenvalue weighted by Crippen LogP contribution is -2.53. The monoisotopic (exact) mass is 599 g/mol. The Morgan fingerprint density at radius 3 is 2.76 bits per heavy atom. The van der Waals surface area contributed by atoms with Crippen molar-refractivity contribution in [2.45, 2.75) is 45.9 Å². The third kappa shape index (κ3) is 5.55. The summed E-state index contributed by atoms with van der Waals surface area (Å²) in [6.07, 6.45) is 1.34. The van der Waals surface area contributed by atoms with Crippen LogP contribution in [0.5, 0.6) is 0 Å². The molecule has 0 aliphatic carbocycles. The fraction of sp³-hybridized carbons (Fsp3) is 0.483. The van der Waals surface area contributed by atoms with E-state index in [-0.39, 0.29) is 44.0 Å². The summed E-state index contributed by atoms with van der Waals surface area (Å²) in [5.41, 5.74) is 0.160. The minimum absolute atomic E-state index is 0.145. The standard InChI is InChI=1S/C29H34FN5O6S/c1-5-40-26(36)22-19(13-34-10-11-41-21-15-35(14-20(21)34)27(37)29(3,4)28(38)39)32-24(25-31-9-12-42-25)33-23(22)17-7-6-8-18(30)16(17)2/h6-9,12,20-21,23H,5,10-11,13-15H2,1-4H3,(H,32,33)(H,38,39)/t20-,21+,23?/m1/s1. The number of carboxylic acid groups (broad SMARTS) is 1. The number of hydrogen-bond acceptors (Lipinski definition) is 10. The molecule has 4 heterocycles. The molecule has 1 unspecified atom stereocenters. The first kappa shape index (κ1) is 29.8. The highest BCUT2D eigenvalue weighted by Gasteiger charge is 2.48. The first-order valence-corrected chi connectivity index (χ1v) is 14.7. The number of morpholine rings is 1. The summed E-state index contributed by atoms with van der Waals surface area (Å²) >= 11 is 1.38. The number of amidine groups is 1. The summed E-state index contributed by atoms with van der Waals surface area (Å²) in [5, 5.41) is 15.4. The quantitative estimate of drug-likeness (QED) is 0.347. The van der Waals surface area contributed by atoms with Gasteiger partial charge in [0.25, 0.3) is 0 Å². The van der Waals surface area contributed by atoms with Crippen LogP contribution in [0.25, 0.3) is 0 Å². The predicted octanol–water partition coefficient (Wildman–Crippen LogP) is 2.52. The van der Waals surface area contributed by atoms with Crippen molar-refractivity contribution in [3.8, 4) is 0 Å². The summed E-state index contributed by atoms with van der Waals surface area (Å²) < 4.78 is 26.2. The number of likely N-dealkylation sites (tertiary alicyclic amines) is 1. The summed E-state index contributed by atoms with van der Waals surface area (Å²) in [5.74, 6) is -2.18. The average Bonchev–Trinajstić information content (AvgIpc) is 3.65. The fourth-order valence-electron chi connectivity index (χ4n) is 5.57. The van der Waals surface area contributed by atoms with E-state index in [0.29, 0.717) is 40.8 Å². The van der Waals surface area contributed by atoms with Gasteiger partial charge in [-0.3, -0.25) is 19.5 Å². The highest BCUT2D eigenvalue weighted by Crippen LogP contribution is 2.36. The van der Waals surface area contributed by atoms with Crippen LogP contribution in [-0.2, 0) is 23.9 Å². The number of thiazole rings is 1. The molecule has 2 aromatic rings. The second kappa shape index (κ2) is 11.9. The number of hydrogen-bond donors (Lipinski definition) is 2. The molecule has 224 valence electrons. The Morgan fingerprint density at radius 1 is 1.29 bits per heavy atom. The van der Waals surface area contributed by atoms with E-state index in [4.69, 9.17) is 14.5 Å². The summed E-state index contributed by atoms with van der Waals surface area (Å²) in [7, 11) is 0. The van der Waals surface area contributed by atoms with Crippen LogP contribution in [0.15, 0.2) is 46.0 Å². The molecule has 0 saturated carbocycles. The van der Waals surface area contributed by atoms with Crippen molar-refractivity contribution in [1.29, 1.82) is 0 Å². The van der Waals surface area contributed by atoms with Crippen molar-refractivity contribution in [2.75, 3.05) is 39.4 Å². The number of nitrogens with one attached hydrogen (secondary N) is 1. The van der Waals surface area contributed by atoms with E-state index < -0.39 is 35.1 Å². The number of carbonyl (C=O) groups is 3. The average molecular weight is 600 g/mol. The Balaban J connectivity index is 1.53. The van der Waals surface area contributed by atoms with Gasteiger partial charge in [-0.15, -0.1) is 11.3 Å². The number of fused-ring (bicyclic) bond motifs is 1. The minimum atomic E-state index is -1.57. The third-order valence-corrected chi connectivity index (χ3v) is 8.77. The van der Waals surface area contributed by atoms with Crippen molar-refractivity contribution in [3.05, 3.63) is 63.0 Å². The number of rotatable bonds is 8. The van der Waals surface area contributed by atoms with Gasteiger partial charge in [0.15, 0.2) is 10.8 Å². The van der Waals surface area contributed by atoms with Gasteiger partial charge in [0.1, 0.15) is 17.3 Å². The molecule has 2 saturated heterocycles. The van der Waals surface area contributed by atoms with Gasteiger partial charge in [-0.2, -0.15) is 0 Å². The number of amides is 1. The molecule has 3 aliphatic rings. The molecule has 0 radical (unpaired) electrons. The van der Waals surface area contributed by atoms with Crippen molar-refractivity contribution >= 4 is 35.0 Å². The van der Waals surface area contributed by atoms with E-state index in [0.717, 1.165) is 0 Å². The molecular weight excluding hydrogens is 565 g/mol. The second-order valence-electron chi connectivity index (χ2n) is 11.0. The Hall–Kier alpha value is -3.68. The number of aromatic nitrogens is 1. The molecule has 2 N–H and O–H groups in total. The van der Waals surface area contributed by atoms with Gasteiger partial charge in [-0.1, -0.05) is 12.1 Å². The Bertz CT molecular complexity index is 1440. The van der Waals surface area contributed by atoms with E-state index in [2.05, 4.69) is 15.2 Å². The zero-order valence-electron chi connectivity index (χ0n) is 23.9. The molecule has 0 bridgehead atoms. The zero-order valence-corrected chi connectivity index (χ0v) is 24.7. The molecule has 0 spiro atoms. The number of nitrogens with zero attached hydrogens (tertiary/aromatic N) is 4. The molecule has 42 heavy (non-hydrogen) atoms. The van der Waals surface area contributed by atoms with E-state index >= 15 is 0 Å². The lowest BCUT2D eigenvalue weighted by Gasteiger charge is -2.38. The van der Waals surface area contributed by atoms with Crippen LogP contribution in [0, 0.1) is 18.2 Å². The summed E-state index contributed by atoms with van der Waals surface area (Å²) in [6, 6.07) is 3.64. The highest BCUT2D eigenvalue weighted by atomic mass is 32.1. The van der Waals surface area contributed by atoms with E-state index in [9.17, 15) is 23.9 Å². The van der Waals surface area contributed by atoms with Crippen LogP contribution in [-0.4, -0.2) is 95.1 Å². The van der Waals surface area contributed by atoms with Gasteiger partial charge in [0, 0.05) is 43.5 Å². The number of benzene rings is 1. The van der Waals surface area contributed by atoms with Crippen LogP contribution < -0.4 is 5.32 Å². The predicted molar refractivity (Wildman–Crippen MR) is 152 cm³/mol. The SMILES string of the molecule is CCOC(=O)C1=C(CN2CCO[C@H]3CN(C(=O)C(C)(C)C(=O)O)C[C@H]32)NC(c2nccs2)=NC1c1cccc(F)c1C. The maximum Gasteiger partial charge on any atom is 0.338 e. The smallest absolute Gasteiger partial charge is 0.338 e. The summed E-state index contributed by atoms with van der Waals surface area (Å²) in [6.45, 7) is 8.04. The van der Waals surface area contributed by atoms with Gasteiger partial charge in [0.2, 0.25) is 5.91 Å². The molecule has 3 aliphatic heterocycles. The van der Waals surface area contributed by atoms with Crippen LogP contribution in [0.1, 0.15) is 42.9 Å². The van der Waals surface area contributed by atoms with Crippen molar-refractivity contribution in [2.24, 2.45) is 10.4 Å². The first-order valence-electron chi connectivity index (χ1n) is 13.8. The lowest BCUT2D eigenvalue weighted by atomic mass is 9.92. The maximum absolute atomic E-state index is 14.7. The van der Waals surface area contributed by atoms with E-state index in [1.807, 2.05) is 5.38 Å². The molecule has 13 heteroatoms. The Kier molecular flexibility index (Phi) is 8.44. The fourth-order valence-corrected chi connectivity index (χ4v) is 6.16. The van der Waals surface area contributed by atoms with Gasteiger partial charge >= 0.3 is 11.9 Å². The van der Waals surface area contributed by atoms with Gasteiger partial charge in [-0.05, 0) is 44.9 Å². The van der Waals surface area contributed by atoms with Crippen LogP contribution >= 0.6 is 11.3 Å².